The van der Waals surface area contributed by atoms with Crippen LogP contribution >= 0.6 is 11.3 Å². The largest absolute Gasteiger partial charge is 0.321 e. The summed E-state index contributed by atoms with van der Waals surface area (Å²) in [5.74, 6) is -4.46. The number of anilines is 1. The number of hydrogen-bond donors (Lipinski definition) is 1. The summed E-state index contributed by atoms with van der Waals surface area (Å²) in [7, 11) is 0. The highest BCUT2D eigenvalue weighted by atomic mass is 32.1. The van der Waals surface area contributed by atoms with E-state index >= 15 is 0 Å². The lowest BCUT2D eigenvalue weighted by molar-refractivity contribution is 0.103. The number of aryl methyl sites for hydroxylation is 2. The number of benzene rings is 2. The van der Waals surface area contributed by atoms with Crippen LogP contribution in [0, 0.1) is 31.3 Å². The second kappa shape index (κ2) is 6.68. The van der Waals surface area contributed by atoms with Crippen molar-refractivity contribution < 1.29 is 18.0 Å². The highest BCUT2D eigenvalue weighted by Crippen LogP contribution is 2.31. The summed E-state index contributed by atoms with van der Waals surface area (Å²) < 4.78 is 40.2. The fraction of sp³-hybridized carbons (Fsp3) is 0.111. The second-order valence-corrected chi connectivity index (χ2v) is 6.60. The molecule has 1 N–H and O–H groups in total. The molecule has 3 rings (SSSR count). The third kappa shape index (κ3) is 3.41. The van der Waals surface area contributed by atoms with Gasteiger partial charge < -0.3 is 5.32 Å². The number of nitrogens with zero attached hydrogens (tertiary/aromatic N) is 1. The van der Waals surface area contributed by atoms with Gasteiger partial charge in [0.1, 0.15) is 4.88 Å². The summed E-state index contributed by atoms with van der Waals surface area (Å²) in [5.41, 5.74) is 1.48. The Morgan fingerprint density at radius 2 is 1.72 bits per heavy atom. The number of hydrogen-bond acceptors (Lipinski definition) is 3. The molecule has 7 heteroatoms. The Balaban J connectivity index is 1.99. The minimum Gasteiger partial charge on any atom is -0.321 e. The normalized spacial score (nSPS) is 10.8. The van der Waals surface area contributed by atoms with Crippen LogP contribution in [-0.4, -0.2) is 10.9 Å². The molecular formula is C18H13F3N2OS. The molecule has 0 fully saturated rings. The quantitative estimate of drug-likeness (QED) is 0.659. The Labute approximate surface area is 146 Å². The van der Waals surface area contributed by atoms with E-state index in [4.69, 9.17) is 0 Å². The van der Waals surface area contributed by atoms with E-state index in [0.717, 1.165) is 17.1 Å². The topological polar surface area (TPSA) is 42.0 Å². The Kier molecular flexibility index (Phi) is 4.59. The van der Waals surface area contributed by atoms with Crippen LogP contribution in [0.25, 0.3) is 11.1 Å². The second-order valence-electron chi connectivity index (χ2n) is 5.40. The highest BCUT2D eigenvalue weighted by Gasteiger charge is 2.17. The fourth-order valence-electron chi connectivity index (χ4n) is 2.48. The number of amides is 1. The lowest BCUT2D eigenvalue weighted by Crippen LogP contribution is -2.12. The Hall–Kier alpha value is -2.67. The molecule has 1 amide bonds. The molecule has 3 aromatic rings. The summed E-state index contributed by atoms with van der Waals surface area (Å²) in [6.07, 6.45) is 0. The maximum atomic E-state index is 13.5. The van der Waals surface area contributed by atoms with Crippen molar-refractivity contribution in [3.8, 4) is 11.1 Å². The first-order chi connectivity index (χ1) is 11.9. The molecule has 0 aliphatic rings. The zero-order valence-corrected chi connectivity index (χ0v) is 14.2. The van der Waals surface area contributed by atoms with Crippen molar-refractivity contribution in [2.75, 3.05) is 5.32 Å². The van der Waals surface area contributed by atoms with Crippen molar-refractivity contribution in [2.24, 2.45) is 0 Å². The zero-order valence-electron chi connectivity index (χ0n) is 13.4. The minimum absolute atomic E-state index is 0.129. The molecule has 25 heavy (non-hydrogen) atoms. The van der Waals surface area contributed by atoms with Crippen molar-refractivity contribution in [3.05, 3.63) is 69.4 Å². The molecule has 0 spiro atoms. The van der Waals surface area contributed by atoms with Crippen molar-refractivity contribution in [1.29, 1.82) is 0 Å². The maximum absolute atomic E-state index is 13.5. The summed E-state index contributed by atoms with van der Waals surface area (Å²) in [6.45, 7) is 3.53. The van der Waals surface area contributed by atoms with E-state index in [1.807, 2.05) is 0 Å². The van der Waals surface area contributed by atoms with Crippen molar-refractivity contribution in [3.63, 3.8) is 0 Å². The van der Waals surface area contributed by atoms with E-state index in [1.165, 1.54) is 11.3 Å². The monoisotopic (exact) mass is 362 g/mol. The van der Waals surface area contributed by atoms with Crippen LogP contribution in [0.2, 0.25) is 0 Å². The van der Waals surface area contributed by atoms with Gasteiger partial charge in [-0.25, -0.2) is 18.2 Å². The van der Waals surface area contributed by atoms with Gasteiger partial charge in [-0.05, 0) is 37.6 Å². The number of para-hydroxylation sites is 1. The van der Waals surface area contributed by atoms with Gasteiger partial charge in [0.25, 0.3) is 5.91 Å². The standard InChI is InChI=1S/C18H13F3N2OS/c1-9-17(25-10(2)22-9)18(24)23-15-6-4-3-5-12(15)11-7-13(19)16(21)14(20)8-11/h3-8H,1-2H3,(H,23,24). The molecule has 0 bridgehead atoms. The Bertz CT molecular complexity index is 946. The first-order valence-corrected chi connectivity index (χ1v) is 8.18. The van der Waals surface area contributed by atoms with E-state index in [2.05, 4.69) is 10.3 Å². The smallest absolute Gasteiger partial charge is 0.267 e. The molecule has 0 radical (unpaired) electrons. The predicted molar refractivity (Wildman–Crippen MR) is 91.3 cm³/mol. The molecule has 2 aromatic carbocycles. The lowest BCUT2D eigenvalue weighted by atomic mass is 10.0. The van der Waals surface area contributed by atoms with Gasteiger partial charge in [-0.1, -0.05) is 18.2 Å². The van der Waals surface area contributed by atoms with Crippen molar-refractivity contribution in [1.82, 2.24) is 4.98 Å². The van der Waals surface area contributed by atoms with Crippen molar-refractivity contribution in [2.45, 2.75) is 13.8 Å². The Morgan fingerprint density at radius 3 is 2.32 bits per heavy atom. The van der Waals surface area contributed by atoms with Gasteiger partial charge in [0.15, 0.2) is 17.5 Å². The van der Waals surface area contributed by atoms with E-state index in [-0.39, 0.29) is 11.5 Å². The molecule has 1 heterocycles. The van der Waals surface area contributed by atoms with Gasteiger partial charge in [-0.2, -0.15) is 0 Å². The molecule has 0 aliphatic heterocycles. The molecular weight excluding hydrogens is 349 g/mol. The van der Waals surface area contributed by atoms with Gasteiger partial charge in [-0.15, -0.1) is 11.3 Å². The van der Waals surface area contributed by atoms with Crippen LogP contribution in [0.3, 0.4) is 0 Å². The van der Waals surface area contributed by atoms with Crippen LogP contribution in [0.1, 0.15) is 20.4 Å². The van der Waals surface area contributed by atoms with Gasteiger partial charge in [0.2, 0.25) is 0 Å². The SMILES string of the molecule is Cc1nc(C)c(C(=O)Nc2ccccc2-c2cc(F)c(F)c(F)c2)s1. The minimum atomic E-state index is -1.53. The number of aromatic nitrogens is 1. The average molecular weight is 362 g/mol. The number of carbonyl (C=O) groups excluding carboxylic acids is 1. The fourth-order valence-corrected chi connectivity index (χ4v) is 3.29. The maximum Gasteiger partial charge on any atom is 0.267 e. The molecule has 3 nitrogen and oxygen atoms in total. The zero-order chi connectivity index (χ0) is 18.1. The van der Waals surface area contributed by atoms with E-state index in [0.29, 0.717) is 21.8 Å². The molecule has 0 aliphatic carbocycles. The number of halogens is 3. The first-order valence-electron chi connectivity index (χ1n) is 7.36. The van der Waals surface area contributed by atoms with Gasteiger partial charge in [0, 0.05) is 11.3 Å². The van der Waals surface area contributed by atoms with E-state index in [1.54, 1.807) is 38.1 Å². The van der Waals surface area contributed by atoms with Gasteiger partial charge in [-0.3, -0.25) is 4.79 Å². The van der Waals surface area contributed by atoms with Gasteiger partial charge in [0.05, 0.1) is 10.7 Å². The number of carbonyl (C=O) groups is 1. The number of nitrogens with one attached hydrogen (secondary N) is 1. The van der Waals surface area contributed by atoms with Crippen molar-refractivity contribution >= 4 is 22.9 Å². The van der Waals surface area contributed by atoms with Crippen LogP contribution in [0.15, 0.2) is 36.4 Å². The summed E-state index contributed by atoms with van der Waals surface area (Å²) >= 11 is 1.26. The summed E-state index contributed by atoms with van der Waals surface area (Å²) in [4.78, 5) is 17.1. The molecule has 0 saturated heterocycles. The third-order valence-electron chi connectivity index (χ3n) is 3.58. The summed E-state index contributed by atoms with van der Waals surface area (Å²) in [5, 5.41) is 3.49. The molecule has 0 unspecified atom stereocenters. The van der Waals surface area contributed by atoms with Crippen LogP contribution < -0.4 is 5.32 Å². The molecule has 0 atom stereocenters. The van der Waals surface area contributed by atoms with E-state index < -0.39 is 17.5 Å². The predicted octanol–water partition coefficient (Wildman–Crippen LogP) is 5.10. The Morgan fingerprint density at radius 1 is 1.08 bits per heavy atom. The molecule has 0 saturated carbocycles. The van der Waals surface area contributed by atoms with E-state index in [9.17, 15) is 18.0 Å². The van der Waals surface area contributed by atoms with Gasteiger partial charge >= 0.3 is 0 Å². The molecule has 1 aromatic heterocycles. The average Bonchev–Trinajstić information content (AvgIpc) is 2.91. The van der Waals surface area contributed by atoms with Crippen LogP contribution in [0.5, 0.6) is 0 Å². The lowest BCUT2D eigenvalue weighted by Gasteiger charge is -2.11. The number of thiazole rings is 1. The molecule has 128 valence electrons. The number of rotatable bonds is 3. The summed E-state index contributed by atoms with van der Waals surface area (Å²) in [6, 6.07) is 8.32. The van der Waals surface area contributed by atoms with Crippen LogP contribution in [0.4, 0.5) is 18.9 Å². The first kappa shape index (κ1) is 17.2. The highest BCUT2D eigenvalue weighted by molar-refractivity contribution is 7.13. The van der Waals surface area contributed by atoms with Crippen LogP contribution in [-0.2, 0) is 0 Å². The third-order valence-corrected chi connectivity index (χ3v) is 4.65.